The van der Waals surface area contributed by atoms with Gasteiger partial charge in [-0.25, -0.2) is 4.39 Å². The lowest BCUT2D eigenvalue weighted by molar-refractivity contribution is 0.462. The Morgan fingerprint density at radius 3 is 2.71 bits per heavy atom. The van der Waals surface area contributed by atoms with Gasteiger partial charge in [-0.15, -0.1) is 11.3 Å². The largest absolute Gasteiger partial charge is 0.363 e. The minimum Gasteiger partial charge on any atom is -0.363 e. The summed E-state index contributed by atoms with van der Waals surface area (Å²) in [5, 5.41) is 10.1. The average Bonchev–Trinajstić information content (AvgIpc) is 3.15. The van der Waals surface area contributed by atoms with Gasteiger partial charge in [-0.2, -0.15) is 0 Å². The zero-order valence-corrected chi connectivity index (χ0v) is 14.7. The summed E-state index contributed by atoms with van der Waals surface area (Å²) in [6.45, 7) is 2.52. The summed E-state index contributed by atoms with van der Waals surface area (Å²) < 4.78 is 13.7. The van der Waals surface area contributed by atoms with E-state index in [-0.39, 0.29) is 5.82 Å². The van der Waals surface area contributed by atoms with Crippen LogP contribution in [0.3, 0.4) is 0 Å². The third-order valence-electron chi connectivity index (χ3n) is 4.28. The van der Waals surface area contributed by atoms with Gasteiger partial charge in [-0.05, 0) is 36.4 Å². The van der Waals surface area contributed by atoms with E-state index in [4.69, 9.17) is 0 Å². The molecule has 1 aliphatic rings. The molecule has 1 fully saturated rings. The Hall–Kier alpha value is -2.08. The number of nitrogens with zero attached hydrogens (tertiary/aromatic N) is 2. The van der Waals surface area contributed by atoms with Gasteiger partial charge >= 0.3 is 0 Å². The van der Waals surface area contributed by atoms with Gasteiger partial charge in [0.25, 0.3) is 0 Å². The fourth-order valence-electron chi connectivity index (χ4n) is 2.90. The number of guanidine groups is 1. The smallest absolute Gasteiger partial charge is 0.191 e. The van der Waals surface area contributed by atoms with Gasteiger partial charge in [0.15, 0.2) is 5.96 Å². The number of aliphatic imine (C=N–C) groups is 1. The molecule has 0 bridgehead atoms. The molecule has 1 aromatic heterocycles. The van der Waals surface area contributed by atoms with Gasteiger partial charge in [0, 0.05) is 38.3 Å². The van der Waals surface area contributed by atoms with Crippen molar-refractivity contribution < 1.29 is 4.39 Å². The lowest BCUT2D eigenvalue weighted by atomic mass is 10.1. The predicted molar refractivity (Wildman–Crippen MR) is 99.3 cm³/mol. The molecule has 2 N–H and O–H groups in total. The number of halogens is 1. The van der Waals surface area contributed by atoms with Crippen molar-refractivity contribution in [3.63, 3.8) is 0 Å². The molecule has 6 heteroatoms. The first kappa shape index (κ1) is 16.8. The number of hydrogen-bond donors (Lipinski definition) is 2. The van der Waals surface area contributed by atoms with Crippen LogP contribution >= 0.6 is 11.3 Å². The Morgan fingerprint density at radius 2 is 2.04 bits per heavy atom. The SMILES string of the molecule is CN=C(NCc1ccccc1F)NC1CCN(c2cccs2)CC1. The normalized spacial score (nSPS) is 16.2. The van der Waals surface area contributed by atoms with Crippen LogP contribution in [0.25, 0.3) is 0 Å². The zero-order valence-electron chi connectivity index (χ0n) is 13.8. The number of nitrogens with one attached hydrogen (secondary N) is 2. The molecule has 2 aromatic rings. The molecule has 1 saturated heterocycles. The topological polar surface area (TPSA) is 39.7 Å². The monoisotopic (exact) mass is 346 g/mol. The second-order valence-electron chi connectivity index (χ2n) is 5.87. The number of anilines is 1. The van der Waals surface area contributed by atoms with Crippen LogP contribution in [0.4, 0.5) is 9.39 Å². The summed E-state index contributed by atoms with van der Waals surface area (Å²) in [5.74, 6) is 0.539. The van der Waals surface area contributed by atoms with Crippen LogP contribution in [0.5, 0.6) is 0 Å². The highest BCUT2D eigenvalue weighted by Gasteiger charge is 2.20. The first-order chi connectivity index (χ1) is 11.8. The van der Waals surface area contributed by atoms with E-state index >= 15 is 0 Å². The van der Waals surface area contributed by atoms with E-state index in [1.54, 1.807) is 30.5 Å². The standard InChI is InChI=1S/C18H23FN4S/c1-20-18(21-13-14-5-2-3-6-16(14)19)22-15-8-10-23(11-9-15)17-7-4-12-24-17/h2-7,12,15H,8-11,13H2,1H3,(H2,20,21,22). The molecule has 0 radical (unpaired) electrons. The molecule has 0 atom stereocenters. The Labute approximate surface area is 146 Å². The molecule has 4 nitrogen and oxygen atoms in total. The molecule has 128 valence electrons. The summed E-state index contributed by atoms with van der Waals surface area (Å²) in [6.07, 6.45) is 2.14. The predicted octanol–water partition coefficient (Wildman–Crippen LogP) is 3.22. The molecule has 2 heterocycles. The van der Waals surface area contributed by atoms with E-state index in [0.717, 1.165) is 31.9 Å². The number of benzene rings is 1. The van der Waals surface area contributed by atoms with Crippen molar-refractivity contribution in [2.45, 2.75) is 25.4 Å². The lowest BCUT2D eigenvalue weighted by Gasteiger charge is -2.33. The molecule has 24 heavy (non-hydrogen) atoms. The van der Waals surface area contributed by atoms with Gasteiger partial charge < -0.3 is 15.5 Å². The number of piperidine rings is 1. The van der Waals surface area contributed by atoms with E-state index < -0.39 is 0 Å². The molecule has 0 saturated carbocycles. The molecular formula is C18H23FN4S. The van der Waals surface area contributed by atoms with Crippen LogP contribution in [0.1, 0.15) is 18.4 Å². The quantitative estimate of drug-likeness (QED) is 0.660. The summed E-state index contributed by atoms with van der Waals surface area (Å²) in [5.41, 5.74) is 0.646. The van der Waals surface area contributed by atoms with Gasteiger partial charge in [0.2, 0.25) is 0 Å². The second-order valence-corrected chi connectivity index (χ2v) is 6.80. The third-order valence-corrected chi connectivity index (χ3v) is 5.21. The van der Waals surface area contributed by atoms with Crippen LogP contribution in [-0.2, 0) is 6.54 Å². The first-order valence-corrected chi connectivity index (χ1v) is 9.13. The lowest BCUT2D eigenvalue weighted by Crippen LogP contribution is -2.48. The Bertz CT molecular complexity index is 663. The van der Waals surface area contributed by atoms with E-state index in [2.05, 4.69) is 38.0 Å². The highest BCUT2D eigenvalue weighted by atomic mass is 32.1. The molecule has 0 unspecified atom stereocenters. The molecule has 0 spiro atoms. The maximum atomic E-state index is 13.7. The number of hydrogen-bond acceptors (Lipinski definition) is 3. The van der Waals surface area contributed by atoms with Gasteiger partial charge in [-0.3, -0.25) is 4.99 Å². The summed E-state index contributed by atoms with van der Waals surface area (Å²) in [4.78, 5) is 6.69. The van der Waals surface area contributed by atoms with E-state index in [1.165, 1.54) is 11.1 Å². The Balaban J connectivity index is 1.47. The van der Waals surface area contributed by atoms with Crippen molar-refractivity contribution in [2.75, 3.05) is 25.0 Å². The molecule has 0 amide bonds. The molecular weight excluding hydrogens is 323 g/mol. The van der Waals surface area contributed by atoms with Crippen molar-refractivity contribution in [1.82, 2.24) is 10.6 Å². The molecule has 3 rings (SSSR count). The van der Waals surface area contributed by atoms with Crippen LogP contribution in [-0.4, -0.2) is 32.1 Å². The van der Waals surface area contributed by atoms with Crippen LogP contribution in [0, 0.1) is 5.82 Å². The number of rotatable bonds is 4. The maximum Gasteiger partial charge on any atom is 0.191 e. The number of thiophene rings is 1. The second kappa shape index (κ2) is 8.15. The summed E-state index contributed by atoms with van der Waals surface area (Å²) >= 11 is 1.79. The Kier molecular flexibility index (Phi) is 5.69. The van der Waals surface area contributed by atoms with Crippen molar-refractivity contribution in [3.05, 3.63) is 53.2 Å². The third kappa shape index (κ3) is 4.26. The van der Waals surface area contributed by atoms with Crippen molar-refractivity contribution >= 4 is 22.3 Å². The minimum atomic E-state index is -0.190. The van der Waals surface area contributed by atoms with Crippen molar-refractivity contribution in [3.8, 4) is 0 Å². The maximum absolute atomic E-state index is 13.7. The highest BCUT2D eigenvalue weighted by molar-refractivity contribution is 7.14. The van der Waals surface area contributed by atoms with E-state index in [1.807, 2.05) is 6.07 Å². The van der Waals surface area contributed by atoms with Gasteiger partial charge in [-0.1, -0.05) is 18.2 Å². The van der Waals surface area contributed by atoms with Crippen LogP contribution in [0.2, 0.25) is 0 Å². The minimum absolute atomic E-state index is 0.190. The van der Waals surface area contributed by atoms with E-state index in [9.17, 15) is 4.39 Å². The zero-order chi connectivity index (χ0) is 16.8. The summed E-state index contributed by atoms with van der Waals surface area (Å²) in [6, 6.07) is 11.5. The molecule has 1 aliphatic heterocycles. The summed E-state index contributed by atoms with van der Waals surface area (Å²) in [7, 11) is 1.75. The first-order valence-electron chi connectivity index (χ1n) is 8.25. The fourth-order valence-corrected chi connectivity index (χ4v) is 3.69. The van der Waals surface area contributed by atoms with Crippen LogP contribution in [0.15, 0.2) is 46.8 Å². The fraction of sp³-hybridized carbons (Fsp3) is 0.389. The van der Waals surface area contributed by atoms with Gasteiger partial charge in [0.05, 0.1) is 5.00 Å². The molecule has 1 aromatic carbocycles. The average molecular weight is 346 g/mol. The van der Waals surface area contributed by atoms with E-state index in [0.29, 0.717) is 18.2 Å². The highest BCUT2D eigenvalue weighted by Crippen LogP contribution is 2.24. The molecule has 0 aliphatic carbocycles. The van der Waals surface area contributed by atoms with Crippen LogP contribution < -0.4 is 15.5 Å². The van der Waals surface area contributed by atoms with Crippen molar-refractivity contribution in [2.24, 2.45) is 4.99 Å². The Morgan fingerprint density at radius 1 is 1.25 bits per heavy atom. The van der Waals surface area contributed by atoms with Gasteiger partial charge in [0.1, 0.15) is 5.82 Å². The van der Waals surface area contributed by atoms with Crippen molar-refractivity contribution in [1.29, 1.82) is 0 Å².